The summed E-state index contributed by atoms with van der Waals surface area (Å²) in [5.41, 5.74) is 0.578. The molecule has 0 aliphatic heterocycles. The van der Waals surface area contributed by atoms with Gasteiger partial charge >= 0.3 is 0 Å². The maximum atomic E-state index is 12.1. The maximum absolute atomic E-state index is 12.1. The number of hydrogen-bond acceptors (Lipinski definition) is 4. The number of carbonyl (C=O) groups excluding carboxylic acids is 1. The molecular formula is C11H13N3O2S. The van der Waals surface area contributed by atoms with E-state index in [1.165, 1.54) is 15.7 Å². The first kappa shape index (κ1) is 11.8. The van der Waals surface area contributed by atoms with Crippen molar-refractivity contribution >= 4 is 27.9 Å². The first-order chi connectivity index (χ1) is 8.00. The van der Waals surface area contributed by atoms with E-state index in [9.17, 15) is 9.59 Å². The fraction of sp³-hybridized carbons (Fsp3) is 0.364. The van der Waals surface area contributed by atoms with Crippen LogP contribution in [0.15, 0.2) is 16.4 Å². The third-order valence-electron chi connectivity index (χ3n) is 2.42. The van der Waals surface area contributed by atoms with Gasteiger partial charge < -0.3 is 5.32 Å². The topological polar surface area (TPSA) is 63.5 Å². The molecule has 2 heterocycles. The molecule has 0 aliphatic rings. The first-order valence-corrected chi connectivity index (χ1v) is 6.16. The first-order valence-electron chi connectivity index (χ1n) is 5.28. The van der Waals surface area contributed by atoms with Crippen molar-refractivity contribution in [2.24, 2.45) is 5.92 Å². The Balaban J connectivity index is 2.53. The van der Waals surface area contributed by atoms with Crippen molar-refractivity contribution in [1.82, 2.24) is 9.38 Å². The van der Waals surface area contributed by atoms with Gasteiger partial charge in [0.1, 0.15) is 5.69 Å². The smallest absolute Gasteiger partial charge is 0.282 e. The molecule has 90 valence electrons. The summed E-state index contributed by atoms with van der Waals surface area (Å²) in [4.78, 5) is 28.6. The number of hydrogen-bond donors (Lipinski definition) is 1. The van der Waals surface area contributed by atoms with E-state index in [1.807, 2.05) is 0 Å². The Morgan fingerprint density at radius 2 is 2.24 bits per heavy atom. The molecule has 6 heteroatoms. The third-order valence-corrected chi connectivity index (χ3v) is 3.18. The van der Waals surface area contributed by atoms with Crippen LogP contribution in [0.25, 0.3) is 4.96 Å². The van der Waals surface area contributed by atoms with E-state index in [0.29, 0.717) is 10.7 Å². The van der Waals surface area contributed by atoms with E-state index in [1.54, 1.807) is 32.3 Å². The molecule has 0 aliphatic carbocycles. The van der Waals surface area contributed by atoms with Crippen LogP contribution in [0.4, 0.5) is 5.69 Å². The molecule has 0 saturated carbocycles. The summed E-state index contributed by atoms with van der Waals surface area (Å²) in [5, 5.41) is 4.42. The van der Waals surface area contributed by atoms with E-state index in [2.05, 4.69) is 10.3 Å². The van der Waals surface area contributed by atoms with Gasteiger partial charge in [0.15, 0.2) is 4.96 Å². The zero-order chi connectivity index (χ0) is 12.6. The average Bonchev–Trinajstić information content (AvgIpc) is 2.71. The van der Waals surface area contributed by atoms with Crippen LogP contribution >= 0.6 is 11.3 Å². The molecule has 0 saturated heterocycles. The Kier molecular flexibility index (Phi) is 2.97. The van der Waals surface area contributed by atoms with Crippen molar-refractivity contribution in [3.8, 4) is 0 Å². The highest BCUT2D eigenvalue weighted by molar-refractivity contribution is 7.15. The van der Waals surface area contributed by atoms with Crippen LogP contribution in [-0.4, -0.2) is 15.3 Å². The largest absolute Gasteiger partial charge is 0.320 e. The van der Waals surface area contributed by atoms with Crippen molar-refractivity contribution < 1.29 is 4.79 Å². The average molecular weight is 251 g/mol. The number of nitrogens with one attached hydrogen (secondary N) is 1. The van der Waals surface area contributed by atoms with Crippen LogP contribution in [0.2, 0.25) is 0 Å². The van der Waals surface area contributed by atoms with Gasteiger partial charge in [0, 0.05) is 17.5 Å². The van der Waals surface area contributed by atoms with E-state index < -0.39 is 0 Å². The second kappa shape index (κ2) is 4.29. The fourth-order valence-corrected chi connectivity index (χ4v) is 2.14. The second-order valence-electron chi connectivity index (χ2n) is 4.08. The molecule has 0 spiro atoms. The molecule has 0 fully saturated rings. The van der Waals surface area contributed by atoms with Gasteiger partial charge in [0.2, 0.25) is 5.91 Å². The Bertz CT molecular complexity index is 627. The van der Waals surface area contributed by atoms with Crippen LogP contribution in [0.1, 0.15) is 19.5 Å². The quantitative estimate of drug-likeness (QED) is 0.882. The van der Waals surface area contributed by atoms with E-state index >= 15 is 0 Å². The molecular weight excluding hydrogens is 238 g/mol. The fourth-order valence-electron chi connectivity index (χ4n) is 1.39. The van der Waals surface area contributed by atoms with Crippen LogP contribution < -0.4 is 10.9 Å². The SMILES string of the molecule is Cc1nc2sccn2c(=O)c1NC(=O)C(C)C. The van der Waals surface area contributed by atoms with Crippen molar-refractivity contribution in [2.45, 2.75) is 20.8 Å². The Labute approximate surface area is 102 Å². The van der Waals surface area contributed by atoms with Crippen molar-refractivity contribution in [1.29, 1.82) is 0 Å². The molecule has 2 aromatic rings. The summed E-state index contributed by atoms with van der Waals surface area (Å²) in [6.45, 7) is 5.27. The molecule has 0 atom stereocenters. The normalized spacial score (nSPS) is 11.1. The molecule has 0 radical (unpaired) electrons. The lowest BCUT2D eigenvalue weighted by molar-refractivity contribution is -0.118. The second-order valence-corrected chi connectivity index (χ2v) is 4.95. The van der Waals surface area contributed by atoms with Crippen LogP contribution in [0.5, 0.6) is 0 Å². The van der Waals surface area contributed by atoms with E-state index in [4.69, 9.17) is 0 Å². The Morgan fingerprint density at radius 3 is 2.88 bits per heavy atom. The van der Waals surface area contributed by atoms with Gasteiger partial charge in [-0.2, -0.15) is 0 Å². The number of anilines is 1. The monoisotopic (exact) mass is 251 g/mol. The summed E-state index contributed by atoms with van der Waals surface area (Å²) in [6.07, 6.45) is 1.65. The van der Waals surface area contributed by atoms with Gasteiger partial charge in [0.05, 0.1) is 5.69 Å². The maximum Gasteiger partial charge on any atom is 0.282 e. The molecule has 5 nitrogen and oxygen atoms in total. The highest BCUT2D eigenvalue weighted by Crippen LogP contribution is 2.13. The van der Waals surface area contributed by atoms with Crippen molar-refractivity contribution in [2.75, 3.05) is 5.32 Å². The highest BCUT2D eigenvalue weighted by Gasteiger charge is 2.14. The number of fused-ring (bicyclic) bond motifs is 1. The summed E-state index contributed by atoms with van der Waals surface area (Å²) in [7, 11) is 0. The Hall–Kier alpha value is -1.69. The zero-order valence-corrected chi connectivity index (χ0v) is 10.7. The molecule has 0 aromatic carbocycles. The van der Waals surface area contributed by atoms with Crippen molar-refractivity contribution in [3.63, 3.8) is 0 Å². The number of rotatable bonds is 2. The third kappa shape index (κ3) is 2.08. The van der Waals surface area contributed by atoms with E-state index in [-0.39, 0.29) is 23.1 Å². The zero-order valence-electron chi connectivity index (χ0n) is 9.85. The van der Waals surface area contributed by atoms with Crippen LogP contribution in [0.3, 0.4) is 0 Å². The minimum Gasteiger partial charge on any atom is -0.320 e. The molecule has 1 N–H and O–H groups in total. The van der Waals surface area contributed by atoms with Gasteiger partial charge in [-0.25, -0.2) is 4.98 Å². The number of nitrogens with zero attached hydrogens (tertiary/aromatic N) is 2. The molecule has 17 heavy (non-hydrogen) atoms. The number of carbonyl (C=O) groups is 1. The minimum absolute atomic E-state index is 0.169. The van der Waals surface area contributed by atoms with Gasteiger partial charge in [-0.1, -0.05) is 13.8 Å². The van der Waals surface area contributed by atoms with Gasteiger partial charge in [-0.3, -0.25) is 14.0 Å². The lowest BCUT2D eigenvalue weighted by atomic mass is 10.2. The van der Waals surface area contributed by atoms with Crippen LogP contribution in [0, 0.1) is 12.8 Å². The van der Waals surface area contributed by atoms with Crippen LogP contribution in [-0.2, 0) is 4.79 Å². The highest BCUT2D eigenvalue weighted by atomic mass is 32.1. The van der Waals surface area contributed by atoms with Gasteiger partial charge in [-0.05, 0) is 6.92 Å². The Morgan fingerprint density at radius 1 is 1.53 bits per heavy atom. The van der Waals surface area contributed by atoms with Gasteiger partial charge in [-0.15, -0.1) is 11.3 Å². The number of amides is 1. The predicted molar refractivity (Wildman–Crippen MR) is 67.5 cm³/mol. The van der Waals surface area contributed by atoms with Gasteiger partial charge in [0.25, 0.3) is 5.56 Å². The predicted octanol–water partition coefficient (Wildman–Crippen LogP) is 1.66. The minimum atomic E-state index is -0.234. The number of aromatic nitrogens is 2. The summed E-state index contributed by atoms with van der Waals surface area (Å²) in [5.74, 6) is -0.348. The van der Waals surface area contributed by atoms with E-state index in [0.717, 1.165) is 0 Å². The number of aryl methyl sites for hydroxylation is 1. The summed E-state index contributed by atoms with van der Waals surface area (Å²) >= 11 is 1.39. The molecule has 0 bridgehead atoms. The molecule has 2 aromatic heterocycles. The molecule has 2 rings (SSSR count). The molecule has 1 amide bonds. The standard InChI is InChI=1S/C11H13N3O2S/c1-6(2)9(15)13-8-7(3)12-11-14(10(8)16)4-5-17-11/h4-6H,1-3H3,(H,13,15). The van der Waals surface area contributed by atoms with Crippen molar-refractivity contribution in [3.05, 3.63) is 27.6 Å². The lowest BCUT2D eigenvalue weighted by Crippen LogP contribution is -2.26. The molecule has 0 unspecified atom stereocenters. The summed E-state index contributed by atoms with van der Waals surface area (Å²) in [6, 6.07) is 0. The lowest BCUT2D eigenvalue weighted by Gasteiger charge is -2.09. The summed E-state index contributed by atoms with van der Waals surface area (Å²) < 4.78 is 1.44. The number of thiazole rings is 1.